The van der Waals surface area contributed by atoms with Crippen LogP contribution in [0.2, 0.25) is 0 Å². The lowest BCUT2D eigenvalue weighted by Crippen LogP contribution is -2.34. The highest BCUT2D eigenvalue weighted by atomic mass is 32.1. The van der Waals surface area contributed by atoms with Crippen LogP contribution in [0.1, 0.15) is 61.3 Å². The Morgan fingerprint density at radius 1 is 1.38 bits per heavy atom. The molecule has 0 radical (unpaired) electrons. The molecule has 0 aromatic carbocycles. The maximum absolute atomic E-state index is 12.4. The summed E-state index contributed by atoms with van der Waals surface area (Å²) < 4.78 is 5.22. The highest BCUT2D eigenvalue weighted by Crippen LogP contribution is 2.40. The molecule has 2 atom stereocenters. The lowest BCUT2D eigenvalue weighted by atomic mass is 9.88. The molecule has 1 aliphatic carbocycles. The lowest BCUT2D eigenvalue weighted by Gasteiger charge is -2.18. The molecule has 1 aromatic rings. The van der Waals surface area contributed by atoms with E-state index in [2.05, 4.69) is 24.5 Å². The number of anilines is 1. The summed E-state index contributed by atoms with van der Waals surface area (Å²) in [7, 11) is 0. The third-order valence-electron chi connectivity index (χ3n) is 4.47. The Morgan fingerprint density at radius 2 is 2.12 bits per heavy atom. The van der Waals surface area contributed by atoms with Crippen LogP contribution in [0, 0.1) is 5.92 Å². The van der Waals surface area contributed by atoms with Crippen LogP contribution in [0.3, 0.4) is 0 Å². The molecular formula is C18H28N2O3S. The number of rotatable bonds is 7. The maximum Gasteiger partial charge on any atom is 0.341 e. The van der Waals surface area contributed by atoms with E-state index in [9.17, 15) is 9.59 Å². The Bertz CT molecular complexity index is 597. The van der Waals surface area contributed by atoms with Gasteiger partial charge in [0.15, 0.2) is 0 Å². The number of fused-ring (bicyclic) bond motifs is 1. The zero-order valence-electron chi connectivity index (χ0n) is 15.0. The second-order valence-corrected chi connectivity index (χ2v) is 7.62. The minimum atomic E-state index is -0.324. The Kier molecular flexibility index (Phi) is 6.80. The standard InChI is InChI=1S/C18H28N2O3S/c1-5-12(4)19-10-15(21)20-17-16(18(22)23-6-2)13-8-7-11(3)9-14(13)24-17/h11-12,19H,5-10H2,1-4H3,(H,20,21)/t11-,12+/m0/s1. The van der Waals surface area contributed by atoms with Crippen molar-refractivity contribution in [3.63, 3.8) is 0 Å². The quantitative estimate of drug-likeness (QED) is 0.738. The number of nitrogens with one attached hydrogen (secondary N) is 2. The fourth-order valence-electron chi connectivity index (χ4n) is 2.84. The molecule has 24 heavy (non-hydrogen) atoms. The van der Waals surface area contributed by atoms with Crippen LogP contribution in [-0.2, 0) is 22.4 Å². The monoisotopic (exact) mass is 352 g/mol. The molecule has 0 saturated carbocycles. The van der Waals surface area contributed by atoms with E-state index in [-0.39, 0.29) is 24.5 Å². The molecule has 1 heterocycles. The van der Waals surface area contributed by atoms with Crippen LogP contribution in [0.15, 0.2) is 0 Å². The number of carbonyl (C=O) groups excluding carboxylic acids is 2. The fraction of sp³-hybridized carbons (Fsp3) is 0.667. The first-order valence-corrected chi connectivity index (χ1v) is 9.62. The normalized spacial score (nSPS) is 17.9. The van der Waals surface area contributed by atoms with Crippen molar-refractivity contribution in [3.05, 3.63) is 16.0 Å². The van der Waals surface area contributed by atoms with E-state index in [0.717, 1.165) is 31.2 Å². The molecule has 0 aliphatic heterocycles. The highest BCUT2D eigenvalue weighted by molar-refractivity contribution is 7.17. The summed E-state index contributed by atoms with van der Waals surface area (Å²) >= 11 is 1.53. The van der Waals surface area contributed by atoms with E-state index >= 15 is 0 Å². The third-order valence-corrected chi connectivity index (χ3v) is 5.64. The largest absolute Gasteiger partial charge is 0.462 e. The van der Waals surface area contributed by atoms with Gasteiger partial charge in [-0.15, -0.1) is 11.3 Å². The molecule has 2 N–H and O–H groups in total. The number of esters is 1. The predicted octanol–water partition coefficient (Wildman–Crippen LogP) is 3.38. The first-order chi connectivity index (χ1) is 11.5. The molecule has 1 aliphatic rings. The van der Waals surface area contributed by atoms with Gasteiger partial charge in [-0.2, -0.15) is 0 Å². The van der Waals surface area contributed by atoms with Gasteiger partial charge in [0, 0.05) is 10.9 Å². The maximum atomic E-state index is 12.4. The molecule has 6 heteroatoms. The molecule has 0 bridgehead atoms. The van der Waals surface area contributed by atoms with Crippen LogP contribution in [0.5, 0.6) is 0 Å². The Labute approximate surface area is 148 Å². The topological polar surface area (TPSA) is 67.4 Å². The molecule has 0 unspecified atom stereocenters. The van der Waals surface area contributed by atoms with Gasteiger partial charge in [-0.3, -0.25) is 4.79 Å². The van der Waals surface area contributed by atoms with Gasteiger partial charge in [0.25, 0.3) is 0 Å². The van der Waals surface area contributed by atoms with Crippen molar-refractivity contribution >= 4 is 28.2 Å². The molecule has 1 aromatic heterocycles. The van der Waals surface area contributed by atoms with Gasteiger partial charge < -0.3 is 15.4 Å². The zero-order chi connectivity index (χ0) is 17.7. The second-order valence-electron chi connectivity index (χ2n) is 6.51. The summed E-state index contributed by atoms with van der Waals surface area (Å²) in [4.78, 5) is 25.8. The Morgan fingerprint density at radius 3 is 2.79 bits per heavy atom. The zero-order valence-corrected chi connectivity index (χ0v) is 15.8. The van der Waals surface area contributed by atoms with Crippen molar-refractivity contribution in [2.75, 3.05) is 18.5 Å². The van der Waals surface area contributed by atoms with E-state index in [1.54, 1.807) is 6.92 Å². The predicted molar refractivity (Wildman–Crippen MR) is 97.8 cm³/mol. The SMILES string of the molecule is CCOC(=O)c1c(NC(=O)CN[C@H](C)CC)sc2c1CC[C@H](C)C2. The van der Waals surface area contributed by atoms with Crippen LogP contribution in [0.25, 0.3) is 0 Å². The number of amides is 1. The summed E-state index contributed by atoms with van der Waals surface area (Å²) in [5, 5.41) is 6.73. The lowest BCUT2D eigenvalue weighted by molar-refractivity contribution is -0.115. The second kappa shape index (κ2) is 8.62. The number of hydrogen-bond acceptors (Lipinski definition) is 5. The number of hydrogen-bond donors (Lipinski definition) is 2. The van der Waals surface area contributed by atoms with Crippen LogP contribution in [-0.4, -0.2) is 31.1 Å². The van der Waals surface area contributed by atoms with Gasteiger partial charge in [0.2, 0.25) is 5.91 Å². The van der Waals surface area contributed by atoms with Crippen molar-refractivity contribution in [1.29, 1.82) is 0 Å². The summed E-state index contributed by atoms with van der Waals surface area (Å²) in [6.45, 7) is 8.72. The van der Waals surface area contributed by atoms with Crippen molar-refractivity contribution in [2.24, 2.45) is 5.92 Å². The van der Waals surface area contributed by atoms with E-state index in [4.69, 9.17) is 4.74 Å². The number of thiophene rings is 1. The molecule has 134 valence electrons. The average molecular weight is 353 g/mol. The van der Waals surface area contributed by atoms with Crippen LogP contribution in [0.4, 0.5) is 5.00 Å². The molecule has 1 amide bonds. The Balaban J connectivity index is 2.18. The number of carbonyl (C=O) groups is 2. The van der Waals surface area contributed by atoms with Gasteiger partial charge in [-0.1, -0.05) is 13.8 Å². The van der Waals surface area contributed by atoms with Gasteiger partial charge in [0.05, 0.1) is 18.7 Å². The molecule has 5 nitrogen and oxygen atoms in total. The van der Waals surface area contributed by atoms with Crippen LogP contribution >= 0.6 is 11.3 Å². The first-order valence-electron chi connectivity index (χ1n) is 8.81. The summed E-state index contributed by atoms with van der Waals surface area (Å²) in [5.41, 5.74) is 1.64. The Hall–Kier alpha value is -1.40. The minimum Gasteiger partial charge on any atom is -0.462 e. The third kappa shape index (κ3) is 4.57. The number of ether oxygens (including phenoxy) is 1. The first kappa shape index (κ1) is 18.9. The van der Waals surface area contributed by atoms with E-state index in [1.165, 1.54) is 16.2 Å². The summed E-state index contributed by atoms with van der Waals surface area (Å²) in [6.07, 6.45) is 3.88. The molecule has 0 fully saturated rings. The molecule has 0 spiro atoms. The van der Waals surface area contributed by atoms with Crippen molar-refractivity contribution in [3.8, 4) is 0 Å². The molecule has 2 rings (SSSR count). The molecule has 0 saturated heterocycles. The smallest absolute Gasteiger partial charge is 0.341 e. The van der Waals surface area contributed by atoms with Gasteiger partial charge in [-0.25, -0.2) is 4.79 Å². The summed E-state index contributed by atoms with van der Waals surface area (Å²) in [6, 6.07) is 0.290. The van der Waals surface area contributed by atoms with Gasteiger partial charge >= 0.3 is 5.97 Å². The fourth-order valence-corrected chi connectivity index (χ4v) is 4.26. The minimum absolute atomic E-state index is 0.118. The average Bonchev–Trinajstić information content (AvgIpc) is 2.89. The van der Waals surface area contributed by atoms with E-state index in [0.29, 0.717) is 23.1 Å². The van der Waals surface area contributed by atoms with E-state index < -0.39 is 0 Å². The highest BCUT2D eigenvalue weighted by Gasteiger charge is 2.29. The van der Waals surface area contributed by atoms with Gasteiger partial charge in [-0.05, 0) is 51.0 Å². The van der Waals surface area contributed by atoms with E-state index in [1.807, 2.05) is 6.92 Å². The van der Waals surface area contributed by atoms with Crippen molar-refractivity contribution in [2.45, 2.75) is 59.4 Å². The van der Waals surface area contributed by atoms with Crippen molar-refractivity contribution in [1.82, 2.24) is 5.32 Å². The molecular weight excluding hydrogens is 324 g/mol. The van der Waals surface area contributed by atoms with Crippen molar-refractivity contribution < 1.29 is 14.3 Å². The summed E-state index contributed by atoms with van der Waals surface area (Å²) in [5.74, 6) is 0.170. The van der Waals surface area contributed by atoms with Gasteiger partial charge in [0.1, 0.15) is 5.00 Å². The van der Waals surface area contributed by atoms with Crippen LogP contribution < -0.4 is 10.6 Å².